The van der Waals surface area contributed by atoms with E-state index in [4.69, 9.17) is 4.74 Å². The molecule has 0 fully saturated rings. The van der Waals surface area contributed by atoms with Gasteiger partial charge in [-0.2, -0.15) is 0 Å². The Morgan fingerprint density at radius 1 is 1.14 bits per heavy atom. The Kier molecular flexibility index (Phi) is 5.91. The fourth-order valence-corrected chi connectivity index (χ4v) is 1.98. The Morgan fingerprint density at radius 2 is 1.91 bits per heavy atom. The van der Waals surface area contributed by atoms with Gasteiger partial charge in [-0.25, -0.2) is 9.18 Å². The van der Waals surface area contributed by atoms with E-state index in [-0.39, 0.29) is 24.1 Å². The molecule has 0 aliphatic heterocycles. The Morgan fingerprint density at radius 3 is 2.68 bits per heavy atom. The number of aromatic hydroxyl groups is 1. The van der Waals surface area contributed by atoms with Crippen LogP contribution in [0.15, 0.2) is 48.5 Å². The highest BCUT2D eigenvalue weighted by Crippen LogP contribution is 2.17. The molecule has 22 heavy (non-hydrogen) atoms. The van der Waals surface area contributed by atoms with E-state index in [0.717, 1.165) is 0 Å². The van der Waals surface area contributed by atoms with Crippen LogP contribution >= 0.6 is 0 Å². The molecule has 5 heteroatoms. The van der Waals surface area contributed by atoms with Crippen molar-refractivity contribution >= 4 is 5.97 Å². The molecule has 0 saturated carbocycles. The normalized spacial score (nSPS) is 10.4. The van der Waals surface area contributed by atoms with Crippen LogP contribution in [0.1, 0.15) is 15.9 Å². The van der Waals surface area contributed by atoms with Crippen LogP contribution in [-0.4, -0.2) is 30.8 Å². The van der Waals surface area contributed by atoms with Gasteiger partial charge in [0.25, 0.3) is 0 Å². The highest BCUT2D eigenvalue weighted by molar-refractivity contribution is 5.89. The number of rotatable bonds is 7. The van der Waals surface area contributed by atoms with Crippen molar-refractivity contribution in [1.82, 2.24) is 5.32 Å². The molecule has 4 nitrogen and oxygen atoms in total. The van der Waals surface area contributed by atoms with Crippen LogP contribution in [0.5, 0.6) is 5.75 Å². The molecule has 0 bridgehead atoms. The van der Waals surface area contributed by atoms with E-state index >= 15 is 0 Å². The number of ether oxygens (including phenoxy) is 1. The zero-order chi connectivity index (χ0) is 15.8. The molecule has 2 aromatic rings. The maximum atomic E-state index is 13.0. The van der Waals surface area contributed by atoms with Crippen LogP contribution in [0.3, 0.4) is 0 Å². The fraction of sp³-hybridized carbons (Fsp3) is 0.235. The van der Waals surface area contributed by atoms with Crippen LogP contribution in [0.4, 0.5) is 4.39 Å². The van der Waals surface area contributed by atoms with Crippen molar-refractivity contribution in [2.24, 2.45) is 0 Å². The average molecular weight is 303 g/mol. The number of nitrogens with one attached hydrogen (secondary N) is 1. The molecule has 2 N–H and O–H groups in total. The molecule has 0 heterocycles. The molecule has 0 radical (unpaired) electrons. The van der Waals surface area contributed by atoms with Gasteiger partial charge in [0, 0.05) is 6.54 Å². The van der Waals surface area contributed by atoms with Crippen LogP contribution in [0, 0.1) is 5.82 Å². The topological polar surface area (TPSA) is 58.6 Å². The van der Waals surface area contributed by atoms with Crippen molar-refractivity contribution in [1.29, 1.82) is 0 Å². The molecule has 0 saturated heterocycles. The summed E-state index contributed by atoms with van der Waals surface area (Å²) in [4.78, 5) is 11.7. The van der Waals surface area contributed by atoms with E-state index < -0.39 is 0 Å². The average Bonchev–Trinajstić information content (AvgIpc) is 2.54. The number of benzene rings is 2. The standard InChI is InChI=1S/C17H18FNO3/c18-15-6-7-16(20)14(12-15)8-9-19-10-11-22-17(21)13-4-2-1-3-5-13/h1-7,12,19-20H,8-11H2. The third-order valence-electron chi connectivity index (χ3n) is 3.13. The van der Waals surface area contributed by atoms with E-state index in [1.807, 2.05) is 6.07 Å². The first kappa shape index (κ1) is 16.0. The van der Waals surface area contributed by atoms with Gasteiger partial charge in [-0.15, -0.1) is 0 Å². The van der Waals surface area contributed by atoms with E-state index in [0.29, 0.717) is 30.6 Å². The second-order valence-corrected chi connectivity index (χ2v) is 4.77. The van der Waals surface area contributed by atoms with Gasteiger partial charge in [0.15, 0.2) is 0 Å². The van der Waals surface area contributed by atoms with Gasteiger partial charge < -0.3 is 15.2 Å². The Balaban J connectivity index is 1.64. The van der Waals surface area contributed by atoms with Gasteiger partial charge in [-0.3, -0.25) is 0 Å². The number of hydrogen-bond donors (Lipinski definition) is 2. The van der Waals surface area contributed by atoms with E-state index in [9.17, 15) is 14.3 Å². The molecule has 0 atom stereocenters. The monoisotopic (exact) mass is 303 g/mol. The van der Waals surface area contributed by atoms with Crippen LogP contribution < -0.4 is 5.32 Å². The number of esters is 1. The molecular formula is C17H18FNO3. The second-order valence-electron chi connectivity index (χ2n) is 4.77. The van der Waals surface area contributed by atoms with Crippen molar-refractivity contribution in [3.8, 4) is 5.75 Å². The Labute approximate surface area is 128 Å². The lowest BCUT2D eigenvalue weighted by Crippen LogP contribution is -2.23. The highest BCUT2D eigenvalue weighted by atomic mass is 19.1. The highest BCUT2D eigenvalue weighted by Gasteiger charge is 2.05. The summed E-state index contributed by atoms with van der Waals surface area (Å²) in [5, 5.41) is 12.6. The molecule has 116 valence electrons. The summed E-state index contributed by atoms with van der Waals surface area (Å²) in [6, 6.07) is 12.7. The summed E-state index contributed by atoms with van der Waals surface area (Å²) in [5.74, 6) is -0.645. The third-order valence-corrected chi connectivity index (χ3v) is 3.13. The van der Waals surface area contributed by atoms with Gasteiger partial charge in [-0.1, -0.05) is 18.2 Å². The number of halogens is 1. The maximum Gasteiger partial charge on any atom is 0.338 e. The predicted octanol–water partition coefficient (Wildman–Crippen LogP) is 2.52. The van der Waals surface area contributed by atoms with Gasteiger partial charge in [0.05, 0.1) is 5.56 Å². The van der Waals surface area contributed by atoms with Gasteiger partial charge >= 0.3 is 5.97 Å². The zero-order valence-electron chi connectivity index (χ0n) is 12.1. The molecule has 2 rings (SSSR count). The van der Waals surface area contributed by atoms with Gasteiger partial charge in [0.1, 0.15) is 18.2 Å². The molecule has 0 aliphatic carbocycles. The SMILES string of the molecule is O=C(OCCNCCc1cc(F)ccc1O)c1ccccc1. The molecule has 0 unspecified atom stereocenters. The predicted molar refractivity (Wildman–Crippen MR) is 81.4 cm³/mol. The molecule has 0 spiro atoms. The molecule has 2 aromatic carbocycles. The van der Waals surface area contributed by atoms with Crippen molar-refractivity contribution < 1.29 is 19.0 Å². The van der Waals surface area contributed by atoms with Crippen molar-refractivity contribution in [2.75, 3.05) is 19.7 Å². The van der Waals surface area contributed by atoms with Crippen LogP contribution in [0.25, 0.3) is 0 Å². The minimum atomic E-state index is -0.371. The number of hydrogen-bond acceptors (Lipinski definition) is 4. The molecule has 0 aliphatic rings. The van der Waals surface area contributed by atoms with Gasteiger partial charge in [-0.05, 0) is 48.9 Å². The third kappa shape index (κ3) is 4.86. The zero-order valence-corrected chi connectivity index (χ0v) is 12.1. The lowest BCUT2D eigenvalue weighted by atomic mass is 10.1. The Hall–Kier alpha value is -2.40. The van der Waals surface area contributed by atoms with Crippen molar-refractivity contribution in [2.45, 2.75) is 6.42 Å². The summed E-state index contributed by atoms with van der Waals surface area (Å²) in [6.07, 6.45) is 0.496. The number of carbonyl (C=O) groups excluding carboxylic acids is 1. The first-order valence-electron chi connectivity index (χ1n) is 7.07. The number of phenolic OH excluding ortho intramolecular Hbond substituents is 1. The molecule has 0 aromatic heterocycles. The maximum absolute atomic E-state index is 13.0. The lowest BCUT2D eigenvalue weighted by molar-refractivity contribution is 0.0509. The summed E-state index contributed by atoms with van der Waals surface area (Å²) in [7, 11) is 0. The van der Waals surface area contributed by atoms with Crippen molar-refractivity contribution in [3.63, 3.8) is 0 Å². The minimum Gasteiger partial charge on any atom is -0.508 e. The largest absolute Gasteiger partial charge is 0.508 e. The Bertz CT molecular complexity index is 617. The first-order valence-corrected chi connectivity index (χ1v) is 7.07. The summed E-state index contributed by atoms with van der Waals surface area (Å²) < 4.78 is 18.2. The second kappa shape index (κ2) is 8.14. The number of phenols is 1. The minimum absolute atomic E-state index is 0.0821. The smallest absolute Gasteiger partial charge is 0.338 e. The fourth-order valence-electron chi connectivity index (χ4n) is 1.98. The van der Waals surface area contributed by atoms with Crippen LogP contribution in [0.2, 0.25) is 0 Å². The summed E-state index contributed by atoms with van der Waals surface area (Å²) >= 11 is 0. The van der Waals surface area contributed by atoms with Crippen molar-refractivity contribution in [3.05, 3.63) is 65.5 Å². The summed E-state index contributed by atoms with van der Waals surface area (Å²) in [5.41, 5.74) is 1.07. The molecule has 0 amide bonds. The van der Waals surface area contributed by atoms with E-state index in [1.165, 1.54) is 18.2 Å². The lowest BCUT2D eigenvalue weighted by Gasteiger charge is -2.08. The molecular weight excluding hydrogens is 285 g/mol. The number of carbonyl (C=O) groups is 1. The van der Waals surface area contributed by atoms with E-state index in [1.54, 1.807) is 24.3 Å². The first-order chi connectivity index (χ1) is 10.7. The quantitative estimate of drug-likeness (QED) is 0.609. The summed E-state index contributed by atoms with van der Waals surface area (Å²) in [6.45, 7) is 1.30. The van der Waals surface area contributed by atoms with Crippen LogP contribution in [-0.2, 0) is 11.2 Å². The van der Waals surface area contributed by atoms with E-state index in [2.05, 4.69) is 5.32 Å². The van der Waals surface area contributed by atoms with Gasteiger partial charge in [0.2, 0.25) is 0 Å².